The van der Waals surface area contributed by atoms with E-state index in [-0.39, 0.29) is 24.9 Å². The van der Waals surface area contributed by atoms with Crippen LogP contribution in [0.3, 0.4) is 0 Å². The van der Waals surface area contributed by atoms with Crippen LogP contribution in [0.1, 0.15) is 44.1 Å². The zero-order valence-electron chi connectivity index (χ0n) is 15.5. The lowest BCUT2D eigenvalue weighted by atomic mass is 9.81. The molecule has 26 heavy (non-hydrogen) atoms. The molecule has 0 bridgehead atoms. The van der Waals surface area contributed by atoms with E-state index in [9.17, 15) is 14.9 Å². The number of likely N-dealkylation sites (N-methyl/N-ethyl adjacent to an activating group) is 1. The largest absolute Gasteiger partial charge is 0.456 e. The van der Waals surface area contributed by atoms with Crippen molar-refractivity contribution in [1.82, 2.24) is 4.90 Å². The maximum absolute atomic E-state index is 12.3. The van der Waals surface area contributed by atoms with Gasteiger partial charge in [-0.3, -0.25) is 9.59 Å². The minimum Gasteiger partial charge on any atom is -0.456 e. The van der Waals surface area contributed by atoms with Crippen molar-refractivity contribution in [2.45, 2.75) is 55.9 Å². The number of hydrogen-bond acceptors (Lipinski definition) is 5. The van der Waals surface area contributed by atoms with Gasteiger partial charge in [0, 0.05) is 17.7 Å². The molecule has 0 spiro atoms. The van der Waals surface area contributed by atoms with E-state index in [0.29, 0.717) is 18.6 Å². The van der Waals surface area contributed by atoms with E-state index in [1.165, 1.54) is 10.5 Å². The second kappa shape index (κ2) is 9.63. The number of carbonyl (C=O) groups is 2. The Hall–Kier alpha value is -2.00. The number of benzene rings is 1. The van der Waals surface area contributed by atoms with Crippen molar-refractivity contribution in [3.63, 3.8) is 0 Å². The van der Waals surface area contributed by atoms with Crippen molar-refractivity contribution in [3.8, 4) is 6.07 Å². The molecular weight excluding hydrogens is 348 g/mol. The summed E-state index contributed by atoms with van der Waals surface area (Å²) in [5.41, 5.74) is 0.452. The lowest BCUT2D eigenvalue weighted by molar-refractivity contribution is -0.153. The number of nitrogens with zero attached hydrogens (tertiary/aromatic N) is 2. The van der Waals surface area contributed by atoms with E-state index in [1.54, 1.807) is 18.8 Å². The van der Waals surface area contributed by atoms with Gasteiger partial charge in [-0.05, 0) is 31.9 Å². The van der Waals surface area contributed by atoms with Crippen LogP contribution in [-0.4, -0.2) is 41.7 Å². The van der Waals surface area contributed by atoms with Crippen LogP contribution in [0.25, 0.3) is 0 Å². The zero-order valence-corrected chi connectivity index (χ0v) is 16.3. The molecule has 1 aliphatic rings. The first-order valence-corrected chi connectivity index (χ1v) is 9.98. The highest BCUT2D eigenvalue weighted by atomic mass is 32.2. The monoisotopic (exact) mass is 374 g/mol. The Balaban J connectivity index is 1.73. The summed E-state index contributed by atoms with van der Waals surface area (Å²) >= 11 is 1.58. The lowest BCUT2D eigenvalue weighted by Crippen LogP contribution is -2.51. The van der Waals surface area contributed by atoms with E-state index in [2.05, 4.69) is 6.07 Å². The number of rotatable bonds is 7. The zero-order chi connectivity index (χ0) is 19.0. The summed E-state index contributed by atoms with van der Waals surface area (Å²) in [5, 5.41) is 9.53. The summed E-state index contributed by atoms with van der Waals surface area (Å²) < 4.78 is 5.11. The average Bonchev–Trinajstić information content (AvgIpc) is 2.67. The van der Waals surface area contributed by atoms with Gasteiger partial charge in [-0.2, -0.15) is 5.26 Å². The van der Waals surface area contributed by atoms with Gasteiger partial charge in [0.2, 0.25) is 0 Å². The molecule has 0 radical (unpaired) electrons. The maximum Gasteiger partial charge on any atom is 0.307 e. The molecule has 1 fully saturated rings. The molecule has 0 unspecified atom stereocenters. The molecule has 1 aromatic carbocycles. The third kappa shape index (κ3) is 5.50. The SMILES string of the molecule is Cc1ccc(SCCC(=O)OCC(=O)N(C)C2(C#N)CCCCC2)cc1. The summed E-state index contributed by atoms with van der Waals surface area (Å²) in [5.74, 6) is -0.0948. The van der Waals surface area contributed by atoms with Crippen LogP contribution >= 0.6 is 11.8 Å². The molecule has 1 amide bonds. The van der Waals surface area contributed by atoms with E-state index in [0.717, 1.165) is 24.2 Å². The van der Waals surface area contributed by atoms with Crippen LogP contribution in [0.2, 0.25) is 0 Å². The molecule has 0 N–H and O–H groups in total. The van der Waals surface area contributed by atoms with Gasteiger partial charge in [-0.25, -0.2) is 0 Å². The Bertz CT molecular complexity index is 661. The van der Waals surface area contributed by atoms with Gasteiger partial charge in [0.25, 0.3) is 5.91 Å². The Labute approximate surface area is 159 Å². The van der Waals surface area contributed by atoms with Crippen molar-refractivity contribution in [1.29, 1.82) is 5.26 Å². The van der Waals surface area contributed by atoms with Gasteiger partial charge in [0.1, 0.15) is 5.54 Å². The number of nitriles is 1. The summed E-state index contributed by atoms with van der Waals surface area (Å²) in [7, 11) is 1.64. The predicted molar refractivity (Wildman–Crippen MR) is 102 cm³/mol. The van der Waals surface area contributed by atoms with Crippen LogP contribution in [0.15, 0.2) is 29.2 Å². The Morgan fingerprint density at radius 3 is 2.50 bits per heavy atom. The third-order valence-corrected chi connectivity index (χ3v) is 5.87. The number of aryl methyl sites for hydroxylation is 1. The second-order valence-electron chi connectivity index (χ2n) is 6.73. The predicted octanol–water partition coefficient (Wildman–Crippen LogP) is 3.71. The van der Waals surface area contributed by atoms with E-state index in [4.69, 9.17) is 4.74 Å². The van der Waals surface area contributed by atoms with Gasteiger partial charge >= 0.3 is 5.97 Å². The molecule has 5 nitrogen and oxygen atoms in total. The van der Waals surface area contributed by atoms with Crippen LogP contribution in [0, 0.1) is 18.3 Å². The van der Waals surface area contributed by atoms with Crippen LogP contribution in [0.4, 0.5) is 0 Å². The smallest absolute Gasteiger partial charge is 0.307 e. The molecule has 2 rings (SSSR count). The quantitative estimate of drug-likeness (QED) is 0.537. The first-order valence-electron chi connectivity index (χ1n) is 9.00. The molecule has 0 atom stereocenters. The number of ether oxygens (including phenoxy) is 1. The van der Waals surface area contributed by atoms with Crippen LogP contribution < -0.4 is 0 Å². The van der Waals surface area contributed by atoms with Crippen molar-refractivity contribution in [2.24, 2.45) is 0 Å². The Kier molecular flexibility index (Phi) is 7.52. The van der Waals surface area contributed by atoms with Gasteiger partial charge in [0.05, 0.1) is 12.5 Å². The second-order valence-corrected chi connectivity index (χ2v) is 7.90. The fraction of sp³-hybridized carbons (Fsp3) is 0.550. The fourth-order valence-electron chi connectivity index (χ4n) is 3.10. The van der Waals surface area contributed by atoms with Crippen molar-refractivity contribution in [3.05, 3.63) is 29.8 Å². The van der Waals surface area contributed by atoms with Crippen LogP contribution in [0.5, 0.6) is 0 Å². The average molecular weight is 375 g/mol. The number of carbonyl (C=O) groups excluding carboxylic acids is 2. The van der Waals surface area contributed by atoms with E-state index < -0.39 is 5.54 Å². The van der Waals surface area contributed by atoms with Crippen molar-refractivity contribution in [2.75, 3.05) is 19.4 Å². The maximum atomic E-state index is 12.3. The highest BCUT2D eigenvalue weighted by Crippen LogP contribution is 2.32. The molecule has 0 aliphatic heterocycles. The third-order valence-electron chi connectivity index (χ3n) is 4.86. The first-order chi connectivity index (χ1) is 12.5. The highest BCUT2D eigenvalue weighted by molar-refractivity contribution is 7.99. The number of amides is 1. The molecule has 140 valence electrons. The number of thioether (sulfide) groups is 1. The van der Waals surface area contributed by atoms with E-state index >= 15 is 0 Å². The van der Waals surface area contributed by atoms with Crippen LogP contribution in [-0.2, 0) is 14.3 Å². The Morgan fingerprint density at radius 2 is 1.88 bits per heavy atom. The molecule has 0 saturated heterocycles. The molecule has 0 heterocycles. The molecule has 1 aromatic rings. The van der Waals surface area contributed by atoms with Gasteiger partial charge in [0.15, 0.2) is 6.61 Å². The summed E-state index contributed by atoms with van der Waals surface area (Å²) in [6, 6.07) is 10.4. The lowest BCUT2D eigenvalue weighted by Gasteiger charge is -2.38. The summed E-state index contributed by atoms with van der Waals surface area (Å²) in [6.07, 6.45) is 4.61. The first kappa shape index (κ1) is 20.3. The number of hydrogen-bond donors (Lipinski definition) is 0. The molecule has 1 saturated carbocycles. The minimum absolute atomic E-state index is 0.249. The molecular formula is C20H26N2O3S. The highest BCUT2D eigenvalue weighted by Gasteiger charge is 2.38. The minimum atomic E-state index is -0.747. The summed E-state index contributed by atoms with van der Waals surface area (Å²) in [4.78, 5) is 26.8. The fourth-order valence-corrected chi connectivity index (χ4v) is 3.93. The van der Waals surface area contributed by atoms with E-state index in [1.807, 2.05) is 31.2 Å². The van der Waals surface area contributed by atoms with Gasteiger partial charge < -0.3 is 9.64 Å². The molecule has 0 aromatic heterocycles. The van der Waals surface area contributed by atoms with Crippen molar-refractivity contribution >= 4 is 23.6 Å². The normalized spacial score (nSPS) is 15.7. The topological polar surface area (TPSA) is 70.4 Å². The molecule has 1 aliphatic carbocycles. The van der Waals surface area contributed by atoms with Crippen molar-refractivity contribution < 1.29 is 14.3 Å². The van der Waals surface area contributed by atoms with Gasteiger partial charge in [-0.15, -0.1) is 11.8 Å². The molecule has 6 heteroatoms. The summed E-state index contributed by atoms with van der Waals surface area (Å²) in [6.45, 7) is 1.73. The Morgan fingerprint density at radius 1 is 1.23 bits per heavy atom. The standard InChI is InChI=1S/C20H26N2O3S/c1-16-6-8-17(9-7-16)26-13-10-19(24)25-14-18(23)22(2)20(15-21)11-4-3-5-12-20/h6-9H,3-5,10-14H2,1-2H3. The number of esters is 1. The van der Waals surface area contributed by atoms with Gasteiger partial charge in [-0.1, -0.05) is 37.0 Å².